The zero-order valence-corrected chi connectivity index (χ0v) is 13.6. The lowest BCUT2D eigenvalue weighted by molar-refractivity contribution is 0.0947. The van der Waals surface area contributed by atoms with Crippen molar-refractivity contribution < 1.29 is 13.7 Å². The molecule has 0 fully saturated rings. The van der Waals surface area contributed by atoms with Gasteiger partial charge in [0.05, 0.1) is 28.7 Å². The number of carbonyl (C=O) groups excluding carboxylic acids is 1. The Morgan fingerprint density at radius 2 is 2.12 bits per heavy atom. The van der Waals surface area contributed by atoms with Crippen LogP contribution in [0.3, 0.4) is 0 Å². The second kappa shape index (κ2) is 5.93. The maximum absolute atomic E-state index is 12.9. The summed E-state index contributed by atoms with van der Waals surface area (Å²) < 4.78 is 11.5. The number of para-hydroxylation sites is 1. The van der Waals surface area contributed by atoms with Crippen LogP contribution < -0.4 is 4.90 Å². The van der Waals surface area contributed by atoms with E-state index >= 15 is 0 Å². The summed E-state index contributed by atoms with van der Waals surface area (Å²) in [5.41, 5.74) is 1.50. The lowest BCUT2D eigenvalue weighted by Gasteiger charge is -2.16. The van der Waals surface area contributed by atoms with Crippen molar-refractivity contribution >= 4 is 32.6 Å². The number of anilines is 1. The average Bonchev–Trinajstić information content (AvgIpc) is 3.32. The van der Waals surface area contributed by atoms with Gasteiger partial charge in [-0.1, -0.05) is 28.6 Å². The third kappa shape index (κ3) is 2.69. The highest BCUT2D eigenvalue weighted by Gasteiger charge is 2.25. The van der Waals surface area contributed by atoms with E-state index in [1.807, 2.05) is 30.3 Å². The highest BCUT2D eigenvalue weighted by Crippen LogP contribution is 2.30. The van der Waals surface area contributed by atoms with Crippen molar-refractivity contribution in [3.8, 4) is 0 Å². The monoisotopic (exact) mass is 339 g/mol. The Kier molecular flexibility index (Phi) is 3.62. The zero-order chi connectivity index (χ0) is 16.5. The number of fused-ring (bicyclic) bond motifs is 1. The van der Waals surface area contributed by atoms with E-state index < -0.39 is 0 Å². The van der Waals surface area contributed by atoms with E-state index in [0.29, 0.717) is 16.6 Å². The molecule has 0 atom stereocenters. The fraction of sp³-hybridized carbons (Fsp3) is 0.118. The van der Waals surface area contributed by atoms with E-state index in [4.69, 9.17) is 8.94 Å². The van der Waals surface area contributed by atoms with E-state index in [1.54, 1.807) is 30.2 Å². The van der Waals surface area contributed by atoms with Crippen molar-refractivity contribution in [2.75, 3.05) is 4.90 Å². The molecular weight excluding hydrogens is 326 g/mol. The van der Waals surface area contributed by atoms with E-state index in [9.17, 15) is 4.79 Å². The van der Waals surface area contributed by atoms with Crippen LogP contribution in [-0.2, 0) is 6.54 Å². The highest BCUT2D eigenvalue weighted by atomic mass is 32.1. The predicted molar refractivity (Wildman–Crippen MR) is 90.1 cm³/mol. The summed E-state index contributed by atoms with van der Waals surface area (Å²) >= 11 is 1.45. The van der Waals surface area contributed by atoms with Gasteiger partial charge in [0.2, 0.25) is 5.76 Å². The number of benzene rings is 1. The second-order valence-corrected chi connectivity index (χ2v) is 6.28. The first-order chi connectivity index (χ1) is 11.7. The molecule has 120 valence electrons. The van der Waals surface area contributed by atoms with Crippen LogP contribution in [0.25, 0.3) is 10.2 Å². The van der Waals surface area contributed by atoms with Crippen molar-refractivity contribution in [3.63, 3.8) is 0 Å². The molecule has 0 aliphatic rings. The van der Waals surface area contributed by atoms with E-state index in [0.717, 1.165) is 10.2 Å². The highest BCUT2D eigenvalue weighted by molar-refractivity contribution is 7.22. The van der Waals surface area contributed by atoms with Gasteiger partial charge in [0.25, 0.3) is 5.91 Å². The summed E-state index contributed by atoms with van der Waals surface area (Å²) in [6, 6.07) is 13.0. The van der Waals surface area contributed by atoms with Crippen LogP contribution in [0.2, 0.25) is 0 Å². The number of rotatable bonds is 4. The minimum absolute atomic E-state index is 0.179. The number of hydrogen-bond acceptors (Lipinski definition) is 6. The number of carbonyl (C=O) groups is 1. The molecule has 0 saturated carbocycles. The molecule has 1 amide bonds. The van der Waals surface area contributed by atoms with Crippen molar-refractivity contribution in [2.45, 2.75) is 13.5 Å². The van der Waals surface area contributed by atoms with Crippen LogP contribution in [0.15, 0.2) is 57.7 Å². The van der Waals surface area contributed by atoms with Gasteiger partial charge < -0.3 is 8.94 Å². The maximum atomic E-state index is 12.9. The minimum Gasteiger partial charge on any atom is -0.467 e. The smallest absolute Gasteiger partial charge is 0.299 e. The zero-order valence-electron chi connectivity index (χ0n) is 12.8. The third-order valence-electron chi connectivity index (χ3n) is 3.49. The summed E-state index contributed by atoms with van der Waals surface area (Å²) in [6.07, 6.45) is 1.58. The average molecular weight is 339 g/mol. The summed E-state index contributed by atoms with van der Waals surface area (Å²) in [5.74, 6) is 0.545. The Hall–Kier alpha value is -2.93. The minimum atomic E-state index is -0.300. The molecule has 3 aromatic heterocycles. The van der Waals surface area contributed by atoms with Gasteiger partial charge in [-0.3, -0.25) is 9.69 Å². The normalized spacial score (nSPS) is 11.0. The van der Waals surface area contributed by atoms with Crippen LogP contribution in [-0.4, -0.2) is 16.0 Å². The number of furan rings is 1. The fourth-order valence-electron chi connectivity index (χ4n) is 2.36. The van der Waals surface area contributed by atoms with Gasteiger partial charge in [0.15, 0.2) is 5.13 Å². The Balaban J connectivity index is 1.75. The first kappa shape index (κ1) is 14.6. The van der Waals surface area contributed by atoms with E-state index in [1.165, 1.54) is 11.3 Å². The van der Waals surface area contributed by atoms with Crippen LogP contribution in [0.5, 0.6) is 0 Å². The molecule has 4 aromatic rings. The maximum Gasteiger partial charge on any atom is 0.299 e. The molecule has 3 heterocycles. The number of hydrogen-bond donors (Lipinski definition) is 0. The summed E-state index contributed by atoms with van der Waals surface area (Å²) in [7, 11) is 0. The largest absolute Gasteiger partial charge is 0.467 e. The van der Waals surface area contributed by atoms with Crippen molar-refractivity contribution in [1.82, 2.24) is 10.1 Å². The van der Waals surface area contributed by atoms with Gasteiger partial charge in [0, 0.05) is 6.07 Å². The molecule has 0 spiro atoms. The number of nitrogens with zero attached hydrogens (tertiary/aromatic N) is 3. The standard InChI is InChI=1S/C17H13N3O3S/c1-11-9-14(23-19-11)16(21)20(10-12-5-4-8-22-12)17-18-13-6-2-3-7-15(13)24-17/h2-9H,10H2,1H3. The predicted octanol–water partition coefficient (Wildman–Crippen LogP) is 4.03. The van der Waals surface area contributed by atoms with Crippen LogP contribution in [0, 0.1) is 6.92 Å². The van der Waals surface area contributed by atoms with Crippen molar-refractivity contribution in [1.29, 1.82) is 0 Å². The van der Waals surface area contributed by atoms with Crippen molar-refractivity contribution in [3.05, 3.63) is 65.9 Å². The van der Waals surface area contributed by atoms with Gasteiger partial charge in [0.1, 0.15) is 5.76 Å². The third-order valence-corrected chi connectivity index (χ3v) is 4.55. The molecule has 24 heavy (non-hydrogen) atoms. The quantitative estimate of drug-likeness (QED) is 0.561. The molecule has 7 heteroatoms. The molecule has 0 bridgehead atoms. The Morgan fingerprint density at radius 3 is 2.83 bits per heavy atom. The second-order valence-electron chi connectivity index (χ2n) is 5.27. The van der Waals surface area contributed by atoms with Gasteiger partial charge in [-0.25, -0.2) is 4.98 Å². The van der Waals surface area contributed by atoms with Crippen LogP contribution in [0.1, 0.15) is 22.0 Å². The van der Waals surface area contributed by atoms with Gasteiger partial charge >= 0.3 is 0 Å². The fourth-order valence-corrected chi connectivity index (χ4v) is 3.32. The molecule has 0 aliphatic heterocycles. The van der Waals surface area contributed by atoms with Gasteiger partial charge in [-0.05, 0) is 31.2 Å². The lowest BCUT2D eigenvalue weighted by atomic mass is 10.3. The molecule has 0 N–H and O–H groups in total. The first-order valence-electron chi connectivity index (χ1n) is 7.34. The topological polar surface area (TPSA) is 72.4 Å². The number of aromatic nitrogens is 2. The van der Waals surface area contributed by atoms with Crippen LogP contribution in [0.4, 0.5) is 5.13 Å². The number of amides is 1. The van der Waals surface area contributed by atoms with E-state index in [-0.39, 0.29) is 18.2 Å². The Morgan fingerprint density at radius 1 is 1.25 bits per heavy atom. The number of thiazole rings is 1. The molecule has 0 aliphatic carbocycles. The molecule has 1 aromatic carbocycles. The molecule has 4 rings (SSSR count). The summed E-state index contributed by atoms with van der Waals surface area (Å²) in [4.78, 5) is 19.0. The summed E-state index contributed by atoms with van der Waals surface area (Å²) in [6.45, 7) is 2.04. The molecular formula is C17H13N3O3S. The van der Waals surface area contributed by atoms with E-state index in [2.05, 4.69) is 10.1 Å². The first-order valence-corrected chi connectivity index (χ1v) is 8.15. The van der Waals surface area contributed by atoms with Crippen molar-refractivity contribution in [2.24, 2.45) is 0 Å². The van der Waals surface area contributed by atoms with Gasteiger partial charge in [-0.2, -0.15) is 0 Å². The molecule has 0 saturated heterocycles. The van der Waals surface area contributed by atoms with Crippen LogP contribution >= 0.6 is 11.3 Å². The molecule has 0 unspecified atom stereocenters. The number of aryl methyl sites for hydroxylation is 1. The Bertz CT molecular complexity index is 955. The molecule has 6 nitrogen and oxygen atoms in total. The lowest BCUT2D eigenvalue weighted by Crippen LogP contribution is -2.29. The summed E-state index contributed by atoms with van der Waals surface area (Å²) in [5, 5.41) is 4.38. The van der Waals surface area contributed by atoms with Gasteiger partial charge in [-0.15, -0.1) is 0 Å². The molecule has 0 radical (unpaired) electrons. The SMILES string of the molecule is Cc1cc(C(=O)N(Cc2ccco2)c2nc3ccccc3s2)on1. The Labute approximate surface area is 141 Å².